The normalized spacial score (nSPS) is 16.2. The zero-order chi connectivity index (χ0) is 16.8. The molecule has 0 bridgehead atoms. The highest BCUT2D eigenvalue weighted by atomic mass is 32.2. The predicted octanol–water partition coefficient (Wildman–Crippen LogP) is 3.73. The minimum absolute atomic E-state index is 0.944. The van der Waals surface area contributed by atoms with E-state index in [9.17, 15) is 0 Å². The van der Waals surface area contributed by atoms with Crippen LogP contribution >= 0.6 is 11.8 Å². The number of thioether (sulfide) groups is 1. The van der Waals surface area contributed by atoms with Gasteiger partial charge in [0.15, 0.2) is 0 Å². The molecule has 0 aromatic heterocycles. The molecule has 0 spiro atoms. The van der Waals surface area contributed by atoms with Crippen molar-refractivity contribution in [1.29, 1.82) is 0 Å². The maximum absolute atomic E-state index is 5.32. The topological polar surface area (TPSA) is 15.7 Å². The summed E-state index contributed by atoms with van der Waals surface area (Å²) in [4.78, 5) is 6.42. The fourth-order valence-electron chi connectivity index (χ4n) is 3.12. The van der Waals surface area contributed by atoms with E-state index < -0.39 is 0 Å². The van der Waals surface area contributed by atoms with E-state index in [1.54, 1.807) is 18.9 Å². The van der Waals surface area contributed by atoms with Gasteiger partial charge < -0.3 is 4.74 Å². The van der Waals surface area contributed by atoms with Crippen molar-refractivity contribution in [3.8, 4) is 5.75 Å². The summed E-state index contributed by atoms with van der Waals surface area (Å²) in [6, 6.07) is 17.4. The second-order valence-corrected chi connectivity index (χ2v) is 7.13. The standard InChI is InChI=1S/C20H26N2OS/c1-23-19-5-3-4-18(14-19)16-22-12-10-21(11-13-22)15-17-6-8-20(24-2)9-7-17/h3-9,14H,10-13,15-16H2,1-2H3. The van der Waals surface area contributed by atoms with E-state index in [1.807, 2.05) is 6.07 Å². The number of hydrogen-bond donors (Lipinski definition) is 0. The van der Waals surface area contributed by atoms with Gasteiger partial charge in [-0.1, -0.05) is 24.3 Å². The highest BCUT2D eigenvalue weighted by Crippen LogP contribution is 2.18. The smallest absolute Gasteiger partial charge is 0.119 e. The summed E-state index contributed by atoms with van der Waals surface area (Å²) >= 11 is 1.80. The Hall–Kier alpha value is -1.49. The molecule has 2 aromatic rings. The molecule has 2 aromatic carbocycles. The van der Waals surface area contributed by atoms with Crippen molar-refractivity contribution >= 4 is 11.8 Å². The van der Waals surface area contributed by atoms with Crippen LogP contribution in [0.4, 0.5) is 0 Å². The van der Waals surface area contributed by atoms with Gasteiger partial charge in [-0.2, -0.15) is 0 Å². The van der Waals surface area contributed by atoms with Gasteiger partial charge in [0.1, 0.15) is 5.75 Å². The summed E-state index contributed by atoms with van der Waals surface area (Å²) in [7, 11) is 1.73. The highest BCUT2D eigenvalue weighted by molar-refractivity contribution is 7.98. The van der Waals surface area contributed by atoms with E-state index in [0.717, 1.165) is 45.0 Å². The third-order valence-corrected chi connectivity index (χ3v) is 5.31. The van der Waals surface area contributed by atoms with Crippen LogP contribution in [-0.2, 0) is 13.1 Å². The second-order valence-electron chi connectivity index (χ2n) is 6.25. The lowest BCUT2D eigenvalue weighted by molar-refractivity contribution is 0.122. The summed E-state index contributed by atoms with van der Waals surface area (Å²) in [6.07, 6.45) is 2.12. The molecule has 1 aliphatic rings. The Morgan fingerprint density at radius 1 is 0.875 bits per heavy atom. The Labute approximate surface area is 149 Å². The van der Waals surface area contributed by atoms with E-state index in [2.05, 4.69) is 58.5 Å². The molecule has 0 radical (unpaired) electrons. The molecule has 1 heterocycles. The number of hydrogen-bond acceptors (Lipinski definition) is 4. The first-order valence-electron chi connectivity index (χ1n) is 8.47. The zero-order valence-electron chi connectivity index (χ0n) is 14.6. The SMILES string of the molecule is COc1cccc(CN2CCN(Cc3ccc(SC)cc3)CC2)c1. The van der Waals surface area contributed by atoms with Gasteiger partial charge in [0, 0.05) is 44.2 Å². The van der Waals surface area contributed by atoms with Crippen molar-refractivity contribution in [3.05, 3.63) is 59.7 Å². The van der Waals surface area contributed by atoms with Gasteiger partial charge in [0.2, 0.25) is 0 Å². The maximum Gasteiger partial charge on any atom is 0.119 e. The second kappa shape index (κ2) is 8.56. The minimum Gasteiger partial charge on any atom is -0.497 e. The van der Waals surface area contributed by atoms with Gasteiger partial charge in [-0.3, -0.25) is 9.80 Å². The Morgan fingerprint density at radius 2 is 1.50 bits per heavy atom. The van der Waals surface area contributed by atoms with Crippen molar-refractivity contribution in [2.24, 2.45) is 0 Å². The van der Waals surface area contributed by atoms with Crippen molar-refractivity contribution < 1.29 is 4.74 Å². The van der Waals surface area contributed by atoms with Crippen molar-refractivity contribution in [2.45, 2.75) is 18.0 Å². The molecular formula is C20H26N2OS. The molecule has 3 nitrogen and oxygen atoms in total. The Morgan fingerprint density at radius 3 is 2.08 bits per heavy atom. The number of methoxy groups -OCH3 is 1. The van der Waals surface area contributed by atoms with Crippen LogP contribution in [0.2, 0.25) is 0 Å². The molecule has 4 heteroatoms. The summed E-state index contributed by atoms with van der Waals surface area (Å²) in [5.41, 5.74) is 2.74. The van der Waals surface area contributed by atoms with Crippen LogP contribution in [0, 0.1) is 0 Å². The monoisotopic (exact) mass is 342 g/mol. The molecule has 1 fully saturated rings. The molecule has 1 saturated heterocycles. The number of benzene rings is 2. The molecule has 0 aliphatic carbocycles. The third-order valence-electron chi connectivity index (χ3n) is 4.57. The summed E-state index contributed by atoms with van der Waals surface area (Å²) in [5.74, 6) is 0.944. The van der Waals surface area contributed by atoms with Crippen LogP contribution in [0.25, 0.3) is 0 Å². The lowest BCUT2D eigenvalue weighted by Crippen LogP contribution is -2.45. The van der Waals surface area contributed by atoms with Gasteiger partial charge in [0.25, 0.3) is 0 Å². The summed E-state index contributed by atoms with van der Waals surface area (Å²) in [6.45, 7) is 6.58. The van der Waals surface area contributed by atoms with Gasteiger partial charge in [-0.15, -0.1) is 11.8 Å². The molecule has 0 atom stereocenters. The Bertz CT molecular complexity index is 636. The lowest BCUT2D eigenvalue weighted by Gasteiger charge is -2.34. The van der Waals surface area contributed by atoms with E-state index in [1.165, 1.54) is 16.0 Å². The van der Waals surface area contributed by atoms with Gasteiger partial charge in [0.05, 0.1) is 7.11 Å². The number of rotatable bonds is 6. The lowest BCUT2D eigenvalue weighted by atomic mass is 10.1. The highest BCUT2D eigenvalue weighted by Gasteiger charge is 2.17. The summed E-state index contributed by atoms with van der Waals surface area (Å²) in [5, 5.41) is 0. The zero-order valence-corrected chi connectivity index (χ0v) is 15.4. The molecule has 0 unspecified atom stereocenters. The molecule has 24 heavy (non-hydrogen) atoms. The molecule has 128 valence electrons. The fourth-order valence-corrected chi connectivity index (χ4v) is 3.53. The molecule has 0 N–H and O–H groups in total. The first-order chi connectivity index (χ1) is 11.8. The summed E-state index contributed by atoms with van der Waals surface area (Å²) < 4.78 is 5.32. The molecule has 1 aliphatic heterocycles. The molecule has 0 saturated carbocycles. The van der Waals surface area contributed by atoms with E-state index in [-0.39, 0.29) is 0 Å². The van der Waals surface area contributed by atoms with Crippen LogP contribution in [0.1, 0.15) is 11.1 Å². The van der Waals surface area contributed by atoms with Crippen LogP contribution in [0.5, 0.6) is 5.75 Å². The third kappa shape index (κ3) is 4.76. The fraction of sp³-hybridized carbons (Fsp3) is 0.400. The Kier molecular flexibility index (Phi) is 6.18. The predicted molar refractivity (Wildman–Crippen MR) is 102 cm³/mol. The van der Waals surface area contributed by atoms with Crippen molar-refractivity contribution in [3.63, 3.8) is 0 Å². The first-order valence-corrected chi connectivity index (χ1v) is 9.70. The maximum atomic E-state index is 5.32. The van der Waals surface area contributed by atoms with E-state index in [4.69, 9.17) is 4.74 Å². The molecular weight excluding hydrogens is 316 g/mol. The van der Waals surface area contributed by atoms with Crippen molar-refractivity contribution in [2.75, 3.05) is 39.5 Å². The number of piperazine rings is 1. The van der Waals surface area contributed by atoms with E-state index >= 15 is 0 Å². The van der Waals surface area contributed by atoms with E-state index in [0.29, 0.717) is 0 Å². The average Bonchev–Trinajstić information content (AvgIpc) is 2.64. The van der Waals surface area contributed by atoms with Crippen molar-refractivity contribution in [1.82, 2.24) is 9.80 Å². The largest absolute Gasteiger partial charge is 0.497 e. The number of ether oxygens (including phenoxy) is 1. The molecule has 0 amide bonds. The molecule has 3 rings (SSSR count). The van der Waals surface area contributed by atoms with Crippen LogP contribution < -0.4 is 4.74 Å². The van der Waals surface area contributed by atoms with Crippen LogP contribution in [0.15, 0.2) is 53.4 Å². The van der Waals surface area contributed by atoms with Gasteiger partial charge in [-0.05, 0) is 41.6 Å². The number of nitrogens with zero attached hydrogens (tertiary/aromatic N) is 2. The van der Waals surface area contributed by atoms with Crippen LogP contribution in [-0.4, -0.2) is 49.3 Å². The van der Waals surface area contributed by atoms with Crippen LogP contribution in [0.3, 0.4) is 0 Å². The Balaban J connectivity index is 1.48. The quantitative estimate of drug-likeness (QED) is 0.743. The minimum atomic E-state index is 0.944. The average molecular weight is 343 g/mol. The first kappa shape index (κ1) is 17.3. The van der Waals surface area contributed by atoms with Gasteiger partial charge >= 0.3 is 0 Å². The van der Waals surface area contributed by atoms with Gasteiger partial charge in [-0.25, -0.2) is 0 Å².